The number of aliphatic hydroxyl groups is 5. The Balaban J connectivity index is 1.41. The molecule has 2 heterocycles. The topological polar surface area (TPSA) is 175 Å². The van der Waals surface area contributed by atoms with Crippen molar-refractivity contribution in [2.75, 3.05) is 13.2 Å². The highest BCUT2D eigenvalue weighted by atomic mass is 16.8. The molecule has 35 heavy (non-hydrogen) atoms. The molecule has 190 valence electrons. The Kier molecular flexibility index (Phi) is 7.57. The number of hydrogen-bond donors (Lipinski definition) is 6. The van der Waals surface area contributed by atoms with E-state index in [1.54, 1.807) is 24.3 Å². The van der Waals surface area contributed by atoms with Crippen molar-refractivity contribution in [3.05, 3.63) is 60.4 Å². The maximum Gasteiger partial charge on any atom is 0.330 e. The number of aromatic hydroxyl groups is 1. The van der Waals surface area contributed by atoms with Gasteiger partial charge < -0.3 is 49.6 Å². The molecule has 0 aromatic heterocycles. The van der Waals surface area contributed by atoms with Gasteiger partial charge in [-0.05, 0) is 29.8 Å². The van der Waals surface area contributed by atoms with Gasteiger partial charge in [0.1, 0.15) is 42.4 Å². The molecular weight excluding hydrogens is 464 g/mol. The van der Waals surface area contributed by atoms with Gasteiger partial charge in [0.25, 0.3) is 0 Å². The van der Waals surface area contributed by atoms with Crippen molar-refractivity contribution >= 4 is 12.0 Å². The molecule has 2 aliphatic heterocycles. The van der Waals surface area contributed by atoms with Crippen LogP contribution in [0.1, 0.15) is 5.56 Å². The second-order valence-corrected chi connectivity index (χ2v) is 8.65. The van der Waals surface area contributed by atoms with Crippen molar-refractivity contribution in [1.29, 1.82) is 0 Å². The number of benzene rings is 1. The lowest BCUT2D eigenvalue weighted by molar-refractivity contribution is -0.346. The van der Waals surface area contributed by atoms with E-state index in [1.807, 2.05) is 0 Å². The summed E-state index contributed by atoms with van der Waals surface area (Å²) in [5.74, 6) is -1.76. The minimum atomic E-state index is -1.68. The third kappa shape index (κ3) is 5.41. The van der Waals surface area contributed by atoms with E-state index < -0.39 is 67.7 Å². The minimum absolute atomic E-state index is 0.0961. The Hall–Kier alpha value is -2.77. The van der Waals surface area contributed by atoms with Crippen LogP contribution in [0, 0.1) is 11.8 Å². The largest absolute Gasteiger partial charge is 0.508 e. The average molecular weight is 492 g/mol. The lowest BCUT2D eigenvalue weighted by Crippen LogP contribution is -2.61. The van der Waals surface area contributed by atoms with Crippen LogP contribution in [-0.4, -0.2) is 92.4 Å². The van der Waals surface area contributed by atoms with Gasteiger partial charge in [-0.25, -0.2) is 4.79 Å². The van der Waals surface area contributed by atoms with Gasteiger partial charge >= 0.3 is 5.97 Å². The SMILES string of the molecule is O=C(/C=C/c1ccc(O)cc1)OC[C@@]1(O)C=C[C@@H]2C=CO[C@@H](O[C@H]3O[C@@H](CO)[C@H](O)[C@@H](O)[C@@H]3O)[C@@H]21. The number of phenolic OH excluding ortho intramolecular Hbond substituents is 1. The molecule has 0 unspecified atom stereocenters. The Morgan fingerprint density at radius 2 is 1.80 bits per heavy atom. The first kappa shape index (κ1) is 25.3. The Morgan fingerprint density at radius 1 is 1.06 bits per heavy atom. The molecular formula is C24H28O11. The summed E-state index contributed by atoms with van der Waals surface area (Å²) in [6, 6.07) is 6.18. The summed E-state index contributed by atoms with van der Waals surface area (Å²) in [4.78, 5) is 12.2. The van der Waals surface area contributed by atoms with Gasteiger partial charge in [-0.3, -0.25) is 0 Å². The highest BCUT2D eigenvalue weighted by Crippen LogP contribution is 2.42. The summed E-state index contributed by atoms with van der Waals surface area (Å²) < 4.78 is 21.9. The first-order valence-corrected chi connectivity index (χ1v) is 11.1. The van der Waals surface area contributed by atoms with Crippen LogP contribution < -0.4 is 0 Å². The van der Waals surface area contributed by atoms with Crippen molar-refractivity contribution < 1.29 is 54.4 Å². The standard InChI is InChI=1S/C24H28O11/c25-11-16-19(28)20(29)21(30)23(34-16)35-22-18-14(8-10-32-22)7-9-24(18,31)12-33-17(27)6-3-13-1-4-15(26)5-2-13/h1-10,14,16,18-23,25-26,28-31H,11-12H2/b6-3+/t14-,16+,18-,19+,20-,21+,22+,23-,24+/m1/s1. The van der Waals surface area contributed by atoms with Gasteiger partial charge in [0, 0.05) is 12.0 Å². The first-order chi connectivity index (χ1) is 16.7. The smallest absolute Gasteiger partial charge is 0.330 e. The van der Waals surface area contributed by atoms with Crippen LogP contribution >= 0.6 is 0 Å². The number of ether oxygens (including phenoxy) is 4. The highest BCUT2D eigenvalue weighted by Gasteiger charge is 2.53. The van der Waals surface area contributed by atoms with Gasteiger partial charge in [-0.15, -0.1) is 0 Å². The predicted octanol–water partition coefficient (Wildman–Crippen LogP) is -0.832. The second kappa shape index (κ2) is 10.5. The third-order valence-electron chi connectivity index (χ3n) is 6.27. The lowest BCUT2D eigenvalue weighted by atomic mass is 9.83. The molecule has 3 aliphatic rings. The fraction of sp³-hybridized carbons (Fsp3) is 0.458. The van der Waals surface area contributed by atoms with Crippen molar-refractivity contribution in [3.63, 3.8) is 0 Å². The Bertz CT molecular complexity index is 972. The van der Waals surface area contributed by atoms with Gasteiger partial charge in [0.05, 0.1) is 18.8 Å². The van der Waals surface area contributed by atoms with E-state index >= 15 is 0 Å². The molecule has 0 saturated carbocycles. The molecule has 11 nitrogen and oxygen atoms in total. The van der Waals surface area contributed by atoms with E-state index in [4.69, 9.17) is 18.9 Å². The lowest BCUT2D eigenvalue weighted by Gasteiger charge is -2.44. The number of esters is 1. The molecule has 6 N–H and O–H groups in total. The zero-order chi connectivity index (χ0) is 25.2. The van der Waals surface area contributed by atoms with E-state index in [2.05, 4.69) is 0 Å². The van der Waals surface area contributed by atoms with Gasteiger partial charge in [0.15, 0.2) is 6.29 Å². The van der Waals surface area contributed by atoms with Crippen LogP contribution in [-0.2, 0) is 23.7 Å². The molecule has 11 heteroatoms. The molecule has 0 bridgehead atoms. The molecule has 1 fully saturated rings. The maximum absolute atomic E-state index is 12.2. The summed E-state index contributed by atoms with van der Waals surface area (Å²) in [5.41, 5.74) is -1.02. The molecule has 4 rings (SSSR count). The number of carbonyl (C=O) groups excluding carboxylic acids is 1. The van der Waals surface area contributed by atoms with Crippen LogP contribution in [0.2, 0.25) is 0 Å². The van der Waals surface area contributed by atoms with Gasteiger partial charge in [0.2, 0.25) is 6.29 Å². The molecule has 0 radical (unpaired) electrons. The van der Waals surface area contributed by atoms with Crippen LogP contribution in [0.5, 0.6) is 5.75 Å². The first-order valence-electron chi connectivity index (χ1n) is 11.1. The number of carbonyl (C=O) groups is 1. The quantitative estimate of drug-likeness (QED) is 0.159. The molecule has 1 aromatic carbocycles. The third-order valence-corrected chi connectivity index (χ3v) is 6.27. The van der Waals surface area contributed by atoms with E-state index in [0.29, 0.717) is 5.56 Å². The summed E-state index contributed by atoms with van der Waals surface area (Å²) in [5, 5.41) is 60.2. The summed E-state index contributed by atoms with van der Waals surface area (Å²) >= 11 is 0. The number of allylic oxidation sites excluding steroid dienone is 2. The van der Waals surface area contributed by atoms with Crippen molar-refractivity contribution in [1.82, 2.24) is 0 Å². The van der Waals surface area contributed by atoms with E-state index in [-0.39, 0.29) is 11.7 Å². The number of aliphatic hydroxyl groups excluding tert-OH is 4. The number of phenols is 1. The molecule has 0 spiro atoms. The highest BCUT2D eigenvalue weighted by molar-refractivity contribution is 5.87. The van der Waals surface area contributed by atoms with Crippen molar-refractivity contribution in [2.24, 2.45) is 11.8 Å². The second-order valence-electron chi connectivity index (χ2n) is 8.65. The monoisotopic (exact) mass is 492 g/mol. The summed E-state index contributed by atoms with van der Waals surface area (Å²) in [6.07, 6.45) is 0.243. The normalized spacial score (nSPS) is 38.3. The van der Waals surface area contributed by atoms with E-state index in [9.17, 15) is 35.4 Å². The van der Waals surface area contributed by atoms with Crippen molar-refractivity contribution in [2.45, 2.75) is 42.6 Å². The average Bonchev–Trinajstić information content (AvgIpc) is 3.20. The zero-order valence-corrected chi connectivity index (χ0v) is 18.5. The van der Waals surface area contributed by atoms with Crippen LogP contribution in [0.15, 0.2) is 54.8 Å². The zero-order valence-electron chi connectivity index (χ0n) is 18.5. The predicted molar refractivity (Wildman–Crippen MR) is 118 cm³/mol. The Morgan fingerprint density at radius 3 is 2.51 bits per heavy atom. The Labute approximate surface area is 200 Å². The van der Waals surface area contributed by atoms with Crippen LogP contribution in [0.25, 0.3) is 6.08 Å². The number of hydrogen-bond acceptors (Lipinski definition) is 11. The number of fused-ring (bicyclic) bond motifs is 1. The van der Waals surface area contributed by atoms with Gasteiger partial charge in [-0.2, -0.15) is 0 Å². The molecule has 1 saturated heterocycles. The minimum Gasteiger partial charge on any atom is -0.508 e. The van der Waals surface area contributed by atoms with Crippen LogP contribution in [0.4, 0.5) is 0 Å². The maximum atomic E-state index is 12.2. The molecule has 9 atom stereocenters. The molecule has 0 amide bonds. The summed E-state index contributed by atoms with van der Waals surface area (Å²) in [6.45, 7) is -1.05. The molecule has 1 aliphatic carbocycles. The van der Waals surface area contributed by atoms with E-state index in [1.165, 1.54) is 36.6 Å². The number of rotatable bonds is 7. The van der Waals surface area contributed by atoms with E-state index in [0.717, 1.165) is 0 Å². The fourth-order valence-corrected chi connectivity index (χ4v) is 4.30. The van der Waals surface area contributed by atoms with Gasteiger partial charge in [-0.1, -0.05) is 24.3 Å². The van der Waals surface area contributed by atoms with Crippen LogP contribution in [0.3, 0.4) is 0 Å². The summed E-state index contributed by atoms with van der Waals surface area (Å²) in [7, 11) is 0. The molecule has 1 aromatic rings. The fourth-order valence-electron chi connectivity index (χ4n) is 4.30. The van der Waals surface area contributed by atoms with Crippen molar-refractivity contribution in [3.8, 4) is 5.75 Å².